The summed E-state index contributed by atoms with van der Waals surface area (Å²) in [4.78, 5) is 28.5. The molecule has 1 aliphatic heterocycles. The van der Waals surface area contributed by atoms with E-state index in [1.54, 1.807) is 15.9 Å². The highest BCUT2D eigenvalue weighted by molar-refractivity contribution is 5.89. The molecule has 0 aromatic heterocycles. The molecular weight excluding hydrogens is 378 g/mol. The van der Waals surface area contributed by atoms with E-state index in [4.69, 9.17) is 4.74 Å². The molecule has 158 valence electrons. The fourth-order valence-corrected chi connectivity index (χ4v) is 3.31. The lowest BCUT2D eigenvalue weighted by Crippen LogP contribution is -2.34. The Balaban J connectivity index is 1.65. The molecule has 0 aliphatic carbocycles. The molecule has 30 heavy (non-hydrogen) atoms. The van der Waals surface area contributed by atoms with E-state index in [9.17, 15) is 9.59 Å². The van der Waals surface area contributed by atoms with E-state index in [0.717, 1.165) is 16.7 Å². The minimum Gasteiger partial charge on any atom is -0.444 e. The Morgan fingerprint density at radius 1 is 1.13 bits per heavy atom. The topological polar surface area (TPSA) is 61.9 Å². The van der Waals surface area contributed by atoms with Gasteiger partial charge in [-0.2, -0.15) is 0 Å². The summed E-state index contributed by atoms with van der Waals surface area (Å²) < 4.78 is 5.46. The first kappa shape index (κ1) is 21.4. The van der Waals surface area contributed by atoms with Crippen molar-refractivity contribution in [2.24, 2.45) is 0 Å². The van der Waals surface area contributed by atoms with E-state index < -0.39 is 5.60 Å². The second kappa shape index (κ2) is 9.03. The third kappa shape index (κ3) is 5.63. The van der Waals surface area contributed by atoms with E-state index in [1.165, 1.54) is 0 Å². The minimum atomic E-state index is -0.529. The summed E-state index contributed by atoms with van der Waals surface area (Å²) in [5.74, 6) is 0. The van der Waals surface area contributed by atoms with Crippen LogP contribution >= 0.6 is 0 Å². The zero-order valence-electron chi connectivity index (χ0n) is 17.9. The first-order valence-corrected chi connectivity index (χ1v) is 10.1. The van der Waals surface area contributed by atoms with E-state index in [1.807, 2.05) is 69.3 Å². The number of carbonyl (C=O) groups excluding carboxylic acids is 2. The van der Waals surface area contributed by atoms with Gasteiger partial charge in [-0.1, -0.05) is 42.5 Å². The average molecular weight is 408 g/mol. The second-order valence-electron chi connectivity index (χ2n) is 8.40. The van der Waals surface area contributed by atoms with Gasteiger partial charge in [0.25, 0.3) is 0 Å². The lowest BCUT2D eigenvalue weighted by atomic mass is 10.1. The summed E-state index contributed by atoms with van der Waals surface area (Å²) in [5, 5.41) is 2.96. The summed E-state index contributed by atoms with van der Waals surface area (Å²) in [7, 11) is 0. The summed E-state index contributed by atoms with van der Waals surface area (Å²) in [6, 6.07) is 15.4. The van der Waals surface area contributed by atoms with Crippen molar-refractivity contribution in [1.82, 2.24) is 9.80 Å². The van der Waals surface area contributed by atoms with Gasteiger partial charge in [-0.25, -0.2) is 9.59 Å². The minimum absolute atomic E-state index is 0.194. The molecule has 0 unspecified atom stereocenters. The zero-order valence-corrected chi connectivity index (χ0v) is 17.9. The Hall–Kier alpha value is -3.28. The molecule has 1 N–H and O–H groups in total. The van der Waals surface area contributed by atoms with Crippen molar-refractivity contribution < 1.29 is 14.3 Å². The van der Waals surface area contributed by atoms with Crippen molar-refractivity contribution in [2.45, 2.75) is 46.0 Å². The summed E-state index contributed by atoms with van der Waals surface area (Å²) in [6.07, 6.45) is 1.38. The van der Waals surface area contributed by atoms with Crippen LogP contribution in [0.5, 0.6) is 0 Å². The molecule has 0 radical (unpaired) electrons. The van der Waals surface area contributed by atoms with Gasteiger partial charge in [0.1, 0.15) is 5.60 Å². The number of urea groups is 1. The molecule has 3 rings (SSSR count). The van der Waals surface area contributed by atoms with Gasteiger partial charge < -0.3 is 15.0 Å². The van der Waals surface area contributed by atoms with Crippen LogP contribution < -0.4 is 5.32 Å². The van der Waals surface area contributed by atoms with Gasteiger partial charge in [0.2, 0.25) is 0 Å². The van der Waals surface area contributed by atoms with E-state index in [0.29, 0.717) is 31.9 Å². The normalized spacial score (nSPS) is 12.8. The van der Waals surface area contributed by atoms with Crippen molar-refractivity contribution in [1.29, 1.82) is 0 Å². The zero-order chi connectivity index (χ0) is 21.7. The third-order valence-electron chi connectivity index (χ3n) is 4.68. The highest BCUT2D eigenvalue weighted by Gasteiger charge is 2.28. The van der Waals surface area contributed by atoms with Crippen LogP contribution in [-0.2, 0) is 24.4 Å². The van der Waals surface area contributed by atoms with E-state index >= 15 is 0 Å². The Morgan fingerprint density at radius 3 is 2.50 bits per heavy atom. The van der Waals surface area contributed by atoms with Crippen molar-refractivity contribution >= 4 is 17.8 Å². The molecule has 0 saturated heterocycles. The number of nitrogens with one attached hydrogen (secondary N) is 1. The first-order chi connectivity index (χ1) is 14.2. The molecular formula is C24H29N3O3. The lowest BCUT2D eigenvalue weighted by Gasteiger charge is -2.24. The van der Waals surface area contributed by atoms with Crippen LogP contribution in [0.1, 0.15) is 37.5 Å². The third-order valence-corrected chi connectivity index (χ3v) is 4.68. The van der Waals surface area contributed by atoms with Gasteiger partial charge in [-0.3, -0.25) is 4.90 Å². The lowest BCUT2D eigenvalue weighted by molar-refractivity contribution is 0.0242. The van der Waals surface area contributed by atoms with Gasteiger partial charge >= 0.3 is 12.1 Å². The van der Waals surface area contributed by atoms with Crippen LogP contribution in [0.4, 0.5) is 15.3 Å². The van der Waals surface area contributed by atoms with Crippen LogP contribution in [0, 0.1) is 0 Å². The molecule has 6 heteroatoms. The van der Waals surface area contributed by atoms with Crippen LogP contribution in [-0.4, -0.2) is 34.1 Å². The Bertz CT molecular complexity index is 919. The van der Waals surface area contributed by atoms with E-state index in [-0.39, 0.29) is 12.1 Å². The van der Waals surface area contributed by atoms with Gasteiger partial charge in [0.05, 0.1) is 0 Å². The van der Waals surface area contributed by atoms with Crippen molar-refractivity contribution in [3.05, 3.63) is 77.9 Å². The van der Waals surface area contributed by atoms with Gasteiger partial charge in [-0.15, -0.1) is 6.58 Å². The monoisotopic (exact) mass is 407 g/mol. The summed E-state index contributed by atoms with van der Waals surface area (Å²) in [5.41, 5.74) is 3.30. The highest BCUT2D eigenvalue weighted by atomic mass is 16.6. The molecule has 0 bridgehead atoms. The molecule has 1 aliphatic rings. The predicted octanol–water partition coefficient (Wildman–Crippen LogP) is 5.16. The van der Waals surface area contributed by atoms with E-state index in [2.05, 4.69) is 11.9 Å². The van der Waals surface area contributed by atoms with Crippen LogP contribution in [0.15, 0.2) is 61.2 Å². The summed E-state index contributed by atoms with van der Waals surface area (Å²) >= 11 is 0. The SMILES string of the molecule is C=CCN(Cc1ccccc1)C(=O)Nc1ccc2c(c1)CN(C(=O)OC(C)(C)C)C2. The number of anilines is 1. The molecule has 6 nitrogen and oxygen atoms in total. The standard InChI is InChI=1S/C24H29N3O3/c1-5-13-26(15-18-9-7-6-8-10-18)22(28)25-21-12-11-19-16-27(17-20(19)14-21)23(29)30-24(2,3)4/h5-12,14H,1,13,15-17H2,2-4H3,(H,25,28). The number of hydrogen-bond acceptors (Lipinski definition) is 3. The number of carbonyl (C=O) groups is 2. The molecule has 0 atom stereocenters. The Kier molecular flexibility index (Phi) is 6.45. The number of ether oxygens (including phenoxy) is 1. The molecule has 2 aromatic rings. The smallest absolute Gasteiger partial charge is 0.410 e. The summed E-state index contributed by atoms with van der Waals surface area (Å²) in [6.45, 7) is 11.2. The maximum absolute atomic E-state index is 12.8. The number of rotatable bonds is 5. The fourth-order valence-electron chi connectivity index (χ4n) is 3.31. The molecule has 1 heterocycles. The second-order valence-corrected chi connectivity index (χ2v) is 8.40. The highest BCUT2D eigenvalue weighted by Crippen LogP contribution is 2.27. The predicted molar refractivity (Wildman–Crippen MR) is 118 cm³/mol. The van der Waals surface area contributed by atoms with Crippen molar-refractivity contribution in [3.8, 4) is 0 Å². The van der Waals surface area contributed by atoms with Crippen LogP contribution in [0.25, 0.3) is 0 Å². The maximum Gasteiger partial charge on any atom is 0.410 e. The number of amides is 3. The molecule has 0 spiro atoms. The largest absolute Gasteiger partial charge is 0.444 e. The van der Waals surface area contributed by atoms with Crippen LogP contribution in [0.3, 0.4) is 0 Å². The van der Waals surface area contributed by atoms with Crippen LogP contribution in [0.2, 0.25) is 0 Å². The quantitative estimate of drug-likeness (QED) is 0.697. The van der Waals surface area contributed by atoms with Crippen molar-refractivity contribution in [2.75, 3.05) is 11.9 Å². The maximum atomic E-state index is 12.8. The number of nitrogens with zero attached hydrogens (tertiary/aromatic N) is 2. The Morgan fingerprint density at radius 2 is 1.83 bits per heavy atom. The van der Waals surface area contributed by atoms with Gasteiger partial charge in [0, 0.05) is 31.9 Å². The average Bonchev–Trinajstić information content (AvgIpc) is 3.11. The Labute approximate surface area is 178 Å². The molecule has 2 aromatic carbocycles. The number of hydrogen-bond donors (Lipinski definition) is 1. The molecule has 0 saturated carbocycles. The first-order valence-electron chi connectivity index (χ1n) is 10.1. The molecule has 0 fully saturated rings. The fraction of sp³-hybridized carbons (Fsp3) is 0.333. The number of fused-ring (bicyclic) bond motifs is 1. The van der Waals surface area contributed by atoms with Gasteiger partial charge in [-0.05, 0) is 49.6 Å². The molecule has 3 amide bonds. The number of benzene rings is 2. The van der Waals surface area contributed by atoms with Crippen molar-refractivity contribution in [3.63, 3.8) is 0 Å². The van der Waals surface area contributed by atoms with Gasteiger partial charge in [0.15, 0.2) is 0 Å².